The highest BCUT2D eigenvalue weighted by atomic mass is 32.2. The van der Waals surface area contributed by atoms with Crippen LogP contribution in [0.2, 0.25) is 0 Å². The lowest BCUT2D eigenvalue weighted by Crippen LogP contribution is -2.31. The molecule has 6 heteroatoms. The SMILES string of the molecule is CSCCC(NC(=O)Cc1ccccc1C)c1nnc2ccccn12. The number of aryl methyl sites for hydroxylation is 1. The zero-order valence-corrected chi connectivity index (χ0v) is 15.3. The number of nitrogens with zero attached hydrogens (tertiary/aromatic N) is 3. The molecule has 0 saturated heterocycles. The highest BCUT2D eigenvalue weighted by molar-refractivity contribution is 7.98. The lowest BCUT2D eigenvalue weighted by atomic mass is 10.1. The number of hydrogen-bond donors (Lipinski definition) is 1. The third-order valence-electron chi connectivity index (χ3n) is 4.21. The van der Waals surface area contributed by atoms with Crippen LogP contribution < -0.4 is 5.32 Å². The van der Waals surface area contributed by atoms with E-state index in [-0.39, 0.29) is 11.9 Å². The average Bonchev–Trinajstić information content (AvgIpc) is 3.04. The Bertz CT molecular complexity index is 861. The first-order valence-electron chi connectivity index (χ1n) is 8.31. The first-order chi connectivity index (χ1) is 12.2. The van der Waals surface area contributed by atoms with Crippen LogP contribution in [-0.4, -0.2) is 32.5 Å². The fourth-order valence-electron chi connectivity index (χ4n) is 2.83. The van der Waals surface area contributed by atoms with Crippen LogP contribution in [0.25, 0.3) is 5.65 Å². The van der Waals surface area contributed by atoms with Crippen LogP contribution in [0.5, 0.6) is 0 Å². The molecule has 3 rings (SSSR count). The second-order valence-corrected chi connectivity index (χ2v) is 6.98. The summed E-state index contributed by atoms with van der Waals surface area (Å²) in [6.45, 7) is 2.03. The number of rotatable bonds is 7. The monoisotopic (exact) mass is 354 g/mol. The van der Waals surface area contributed by atoms with Gasteiger partial charge in [-0.3, -0.25) is 9.20 Å². The number of nitrogens with one attached hydrogen (secondary N) is 1. The minimum absolute atomic E-state index is 0.00749. The van der Waals surface area contributed by atoms with Crippen LogP contribution in [-0.2, 0) is 11.2 Å². The predicted octanol–water partition coefficient (Wildman–Crippen LogP) is 3.19. The summed E-state index contributed by atoms with van der Waals surface area (Å²) in [6, 6.07) is 13.6. The van der Waals surface area contributed by atoms with Crippen molar-refractivity contribution in [3.05, 3.63) is 65.6 Å². The van der Waals surface area contributed by atoms with Crippen LogP contribution in [0.15, 0.2) is 48.7 Å². The summed E-state index contributed by atoms with van der Waals surface area (Å²) in [5, 5.41) is 11.7. The first-order valence-corrected chi connectivity index (χ1v) is 9.71. The molecule has 130 valence electrons. The van der Waals surface area contributed by atoms with Crippen molar-refractivity contribution in [2.75, 3.05) is 12.0 Å². The van der Waals surface area contributed by atoms with Gasteiger partial charge in [-0.05, 0) is 48.6 Å². The molecular formula is C19H22N4OS. The number of amides is 1. The van der Waals surface area contributed by atoms with Crippen LogP contribution in [0.1, 0.15) is 29.4 Å². The molecule has 1 atom stereocenters. The predicted molar refractivity (Wildman–Crippen MR) is 102 cm³/mol. The molecule has 3 aromatic rings. The summed E-state index contributed by atoms with van der Waals surface area (Å²) in [4.78, 5) is 12.6. The van der Waals surface area contributed by atoms with Crippen molar-refractivity contribution >= 4 is 23.3 Å². The number of carbonyl (C=O) groups is 1. The minimum atomic E-state index is -0.152. The Labute approximate surface area is 151 Å². The standard InChI is InChI=1S/C19H22N4OS/c1-14-7-3-4-8-15(14)13-18(24)20-16(10-12-25-2)19-22-21-17-9-5-6-11-23(17)19/h3-9,11,16H,10,12-13H2,1-2H3,(H,20,24). The number of aromatic nitrogens is 3. The van der Waals surface area contributed by atoms with E-state index in [2.05, 4.69) is 21.8 Å². The molecule has 0 spiro atoms. The summed E-state index contributed by atoms with van der Waals surface area (Å²) < 4.78 is 1.94. The van der Waals surface area contributed by atoms with Crippen molar-refractivity contribution in [1.29, 1.82) is 0 Å². The average molecular weight is 354 g/mol. The molecule has 2 heterocycles. The summed E-state index contributed by atoms with van der Waals surface area (Å²) in [5.41, 5.74) is 2.97. The van der Waals surface area contributed by atoms with Gasteiger partial charge >= 0.3 is 0 Å². The topological polar surface area (TPSA) is 59.3 Å². The van der Waals surface area contributed by atoms with Gasteiger partial charge in [-0.2, -0.15) is 11.8 Å². The molecule has 1 unspecified atom stereocenters. The highest BCUT2D eigenvalue weighted by Crippen LogP contribution is 2.19. The fourth-order valence-corrected chi connectivity index (χ4v) is 3.30. The normalized spacial score (nSPS) is 12.2. The molecule has 2 aromatic heterocycles. The van der Waals surface area contributed by atoms with Gasteiger partial charge in [0.15, 0.2) is 11.5 Å². The Balaban J connectivity index is 1.79. The molecule has 0 bridgehead atoms. The minimum Gasteiger partial charge on any atom is -0.346 e. The molecule has 0 aliphatic rings. The lowest BCUT2D eigenvalue weighted by molar-refractivity contribution is -0.121. The Morgan fingerprint density at radius 3 is 2.80 bits per heavy atom. The Kier molecular flexibility index (Phi) is 5.71. The number of fused-ring (bicyclic) bond motifs is 1. The number of carbonyl (C=O) groups excluding carboxylic acids is 1. The number of hydrogen-bond acceptors (Lipinski definition) is 4. The van der Waals surface area contributed by atoms with Crippen molar-refractivity contribution in [1.82, 2.24) is 19.9 Å². The number of thioether (sulfide) groups is 1. The van der Waals surface area contributed by atoms with Gasteiger partial charge < -0.3 is 5.32 Å². The third kappa shape index (κ3) is 4.20. The second kappa shape index (κ2) is 8.16. The van der Waals surface area contributed by atoms with Gasteiger partial charge in [-0.25, -0.2) is 0 Å². The largest absolute Gasteiger partial charge is 0.346 e. The van der Waals surface area contributed by atoms with Crippen LogP contribution in [0.3, 0.4) is 0 Å². The maximum Gasteiger partial charge on any atom is 0.225 e. The molecule has 1 aromatic carbocycles. The van der Waals surface area contributed by atoms with Gasteiger partial charge in [0, 0.05) is 6.20 Å². The molecule has 1 N–H and O–H groups in total. The van der Waals surface area contributed by atoms with E-state index in [9.17, 15) is 4.79 Å². The zero-order valence-electron chi connectivity index (χ0n) is 14.5. The number of pyridine rings is 1. The van der Waals surface area contributed by atoms with Crippen molar-refractivity contribution < 1.29 is 4.79 Å². The van der Waals surface area contributed by atoms with Crippen molar-refractivity contribution in [3.8, 4) is 0 Å². The van der Waals surface area contributed by atoms with Crippen molar-refractivity contribution in [2.24, 2.45) is 0 Å². The fraction of sp³-hybridized carbons (Fsp3) is 0.316. The van der Waals surface area contributed by atoms with E-state index >= 15 is 0 Å². The Hall–Kier alpha value is -2.34. The molecule has 1 amide bonds. The third-order valence-corrected chi connectivity index (χ3v) is 4.85. The number of benzene rings is 1. The molecule has 0 saturated carbocycles. The van der Waals surface area contributed by atoms with E-state index in [1.54, 1.807) is 11.8 Å². The summed E-state index contributed by atoms with van der Waals surface area (Å²) >= 11 is 1.76. The summed E-state index contributed by atoms with van der Waals surface area (Å²) in [5.74, 6) is 1.73. The van der Waals surface area contributed by atoms with Gasteiger partial charge in [0.05, 0.1) is 12.5 Å². The maximum atomic E-state index is 12.6. The van der Waals surface area contributed by atoms with E-state index in [1.807, 2.05) is 60.0 Å². The molecule has 5 nitrogen and oxygen atoms in total. The smallest absolute Gasteiger partial charge is 0.225 e. The maximum absolute atomic E-state index is 12.6. The Morgan fingerprint density at radius 1 is 1.20 bits per heavy atom. The van der Waals surface area contributed by atoms with Crippen molar-refractivity contribution in [3.63, 3.8) is 0 Å². The molecule has 0 fully saturated rings. The van der Waals surface area contributed by atoms with Gasteiger partial charge in [0.2, 0.25) is 5.91 Å². The van der Waals surface area contributed by atoms with E-state index in [4.69, 9.17) is 0 Å². The molecule has 0 aliphatic heterocycles. The molecular weight excluding hydrogens is 332 g/mol. The Morgan fingerprint density at radius 2 is 2.00 bits per heavy atom. The van der Waals surface area contributed by atoms with Crippen LogP contribution >= 0.6 is 11.8 Å². The zero-order chi connectivity index (χ0) is 17.6. The van der Waals surface area contributed by atoms with E-state index in [0.717, 1.165) is 34.8 Å². The van der Waals surface area contributed by atoms with E-state index in [0.29, 0.717) is 6.42 Å². The van der Waals surface area contributed by atoms with Gasteiger partial charge in [-0.1, -0.05) is 30.3 Å². The van der Waals surface area contributed by atoms with Crippen molar-refractivity contribution in [2.45, 2.75) is 25.8 Å². The summed E-state index contributed by atoms with van der Waals surface area (Å²) in [6.07, 6.45) is 5.19. The van der Waals surface area contributed by atoms with Crippen LogP contribution in [0, 0.1) is 6.92 Å². The van der Waals surface area contributed by atoms with Gasteiger partial charge in [0.1, 0.15) is 0 Å². The molecule has 0 aliphatic carbocycles. The van der Waals surface area contributed by atoms with Gasteiger partial charge in [-0.15, -0.1) is 10.2 Å². The summed E-state index contributed by atoms with van der Waals surface area (Å²) in [7, 11) is 0. The first kappa shape index (κ1) is 17.5. The lowest BCUT2D eigenvalue weighted by Gasteiger charge is -2.17. The van der Waals surface area contributed by atoms with Gasteiger partial charge in [0.25, 0.3) is 0 Å². The van der Waals surface area contributed by atoms with E-state index < -0.39 is 0 Å². The second-order valence-electron chi connectivity index (χ2n) is 5.99. The van der Waals surface area contributed by atoms with E-state index in [1.165, 1.54) is 0 Å². The highest BCUT2D eigenvalue weighted by Gasteiger charge is 2.20. The molecule has 0 radical (unpaired) electrons. The quantitative estimate of drug-likeness (QED) is 0.708. The van der Waals surface area contributed by atoms with Crippen LogP contribution in [0.4, 0.5) is 0 Å². The molecule has 25 heavy (non-hydrogen) atoms.